The topological polar surface area (TPSA) is 0 Å². The summed E-state index contributed by atoms with van der Waals surface area (Å²) >= 11 is 0. The van der Waals surface area contributed by atoms with Gasteiger partial charge in [0.15, 0.2) is 0 Å². The molecule has 0 N–H and O–H groups in total. The SMILES string of the molecule is CCCCCCCCC(C)(CCCCCCC)CCCCCCCC. The van der Waals surface area contributed by atoms with Crippen molar-refractivity contribution in [3.05, 3.63) is 0 Å². The van der Waals surface area contributed by atoms with Crippen LogP contribution in [0, 0.1) is 5.41 Å². The summed E-state index contributed by atoms with van der Waals surface area (Å²) in [6.45, 7) is 9.57. The molecule has 0 fully saturated rings. The predicted octanol–water partition coefficient (Wildman–Crippen LogP) is 9.85. The molecule has 0 unspecified atom stereocenters. The molecule has 0 heterocycles. The molecule has 0 saturated carbocycles. The molecule has 0 nitrogen and oxygen atoms in total. The van der Waals surface area contributed by atoms with Gasteiger partial charge in [-0.1, -0.05) is 137 Å². The molecule has 0 aromatic carbocycles. The molecule has 0 heteroatoms. The Hall–Kier alpha value is 0. The Labute approximate surface area is 161 Å². The van der Waals surface area contributed by atoms with Crippen LogP contribution >= 0.6 is 0 Å². The maximum absolute atomic E-state index is 2.62. The Morgan fingerprint density at radius 2 is 0.600 bits per heavy atom. The summed E-state index contributed by atoms with van der Waals surface area (Å²) < 4.78 is 0. The molecule has 0 amide bonds. The molecule has 0 bridgehead atoms. The van der Waals surface area contributed by atoms with E-state index in [0.717, 1.165) is 0 Å². The minimum absolute atomic E-state index is 0.641. The van der Waals surface area contributed by atoms with Crippen LogP contribution in [0.4, 0.5) is 0 Å². The minimum Gasteiger partial charge on any atom is -0.0654 e. The zero-order chi connectivity index (χ0) is 18.6. The Kier molecular flexibility index (Phi) is 18.8. The third-order valence-corrected chi connectivity index (χ3v) is 6.15. The van der Waals surface area contributed by atoms with Crippen molar-refractivity contribution in [3.63, 3.8) is 0 Å². The maximum Gasteiger partial charge on any atom is -0.0326 e. The molecule has 0 aromatic rings. The Morgan fingerprint density at radius 3 is 0.880 bits per heavy atom. The van der Waals surface area contributed by atoms with Gasteiger partial charge in [-0.3, -0.25) is 0 Å². The van der Waals surface area contributed by atoms with Crippen LogP contribution in [0.15, 0.2) is 0 Å². The molecule has 0 atom stereocenters. The lowest BCUT2D eigenvalue weighted by Crippen LogP contribution is -2.16. The third kappa shape index (κ3) is 17.2. The highest BCUT2D eigenvalue weighted by atomic mass is 14.3. The fourth-order valence-electron chi connectivity index (χ4n) is 4.19. The average Bonchev–Trinajstić information content (AvgIpc) is 2.61. The molecule has 25 heavy (non-hydrogen) atoms. The molecule has 152 valence electrons. The van der Waals surface area contributed by atoms with Crippen molar-refractivity contribution in [1.82, 2.24) is 0 Å². The summed E-state index contributed by atoms with van der Waals surface area (Å²) in [6, 6.07) is 0. The van der Waals surface area contributed by atoms with E-state index in [2.05, 4.69) is 27.7 Å². The molecular weight excluding hydrogens is 300 g/mol. The highest BCUT2D eigenvalue weighted by Gasteiger charge is 2.22. The van der Waals surface area contributed by atoms with Gasteiger partial charge >= 0.3 is 0 Å². The lowest BCUT2D eigenvalue weighted by molar-refractivity contribution is 0.222. The monoisotopic (exact) mass is 352 g/mol. The van der Waals surface area contributed by atoms with E-state index < -0.39 is 0 Å². The van der Waals surface area contributed by atoms with Gasteiger partial charge in [0.1, 0.15) is 0 Å². The van der Waals surface area contributed by atoms with Gasteiger partial charge in [-0.05, 0) is 24.7 Å². The molecule has 0 saturated heterocycles. The minimum atomic E-state index is 0.641. The highest BCUT2D eigenvalue weighted by molar-refractivity contribution is 4.75. The maximum atomic E-state index is 2.62. The lowest BCUT2D eigenvalue weighted by atomic mass is 9.75. The molecule has 0 aromatic heterocycles. The molecular formula is C25H52. The average molecular weight is 353 g/mol. The largest absolute Gasteiger partial charge is 0.0654 e. The van der Waals surface area contributed by atoms with Crippen LogP contribution in [0.1, 0.15) is 156 Å². The summed E-state index contributed by atoms with van der Waals surface area (Å²) in [4.78, 5) is 0. The van der Waals surface area contributed by atoms with Gasteiger partial charge < -0.3 is 0 Å². The van der Waals surface area contributed by atoms with Gasteiger partial charge in [0, 0.05) is 0 Å². The molecule has 0 spiro atoms. The Bertz CT molecular complexity index is 226. The van der Waals surface area contributed by atoms with Crippen LogP contribution < -0.4 is 0 Å². The molecule has 0 rings (SSSR count). The van der Waals surface area contributed by atoms with Gasteiger partial charge in [0.25, 0.3) is 0 Å². The van der Waals surface area contributed by atoms with E-state index in [1.165, 1.54) is 128 Å². The zero-order valence-electron chi connectivity index (χ0n) is 18.6. The van der Waals surface area contributed by atoms with Crippen LogP contribution in [-0.4, -0.2) is 0 Å². The second kappa shape index (κ2) is 18.8. The fourth-order valence-corrected chi connectivity index (χ4v) is 4.19. The van der Waals surface area contributed by atoms with Crippen LogP contribution in [0.2, 0.25) is 0 Å². The first-order valence-corrected chi connectivity index (χ1v) is 12.2. The molecule has 0 aliphatic rings. The van der Waals surface area contributed by atoms with E-state index in [1.807, 2.05) is 0 Å². The quantitative estimate of drug-likeness (QED) is 0.191. The van der Waals surface area contributed by atoms with Gasteiger partial charge in [0.05, 0.1) is 0 Å². The molecule has 0 aliphatic carbocycles. The fraction of sp³-hybridized carbons (Fsp3) is 1.00. The van der Waals surface area contributed by atoms with Crippen molar-refractivity contribution in [2.24, 2.45) is 5.41 Å². The first-order chi connectivity index (χ1) is 12.2. The summed E-state index contributed by atoms with van der Waals surface area (Å²) in [5.74, 6) is 0. The number of hydrogen-bond acceptors (Lipinski definition) is 0. The van der Waals surface area contributed by atoms with Crippen molar-refractivity contribution < 1.29 is 0 Å². The predicted molar refractivity (Wildman–Crippen MR) is 117 cm³/mol. The van der Waals surface area contributed by atoms with Crippen molar-refractivity contribution in [2.75, 3.05) is 0 Å². The number of rotatable bonds is 20. The van der Waals surface area contributed by atoms with E-state index in [-0.39, 0.29) is 0 Å². The first-order valence-electron chi connectivity index (χ1n) is 12.2. The number of hydrogen-bond donors (Lipinski definition) is 0. The summed E-state index contributed by atoms with van der Waals surface area (Å²) in [5, 5.41) is 0. The standard InChI is InChI=1S/C25H52/c1-5-8-11-14-17-20-23-25(4,22-19-16-13-10-7-3)24-21-18-15-12-9-6-2/h5-24H2,1-4H3. The van der Waals surface area contributed by atoms with Gasteiger partial charge in [-0.15, -0.1) is 0 Å². The smallest absolute Gasteiger partial charge is 0.0326 e. The third-order valence-electron chi connectivity index (χ3n) is 6.15. The van der Waals surface area contributed by atoms with Gasteiger partial charge in [-0.2, -0.15) is 0 Å². The Morgan fingerprint density at radius 1 is 0.360 bits per heavy atom. The van der Waals surface area contributed by atoms with E-state index in [1.54, 1.807) is 0 Å². The van der Waals surface area contributed by atoms with Crippen LogP contribution in [0.5, 0.6) is 0 Å². The second-order valence-electron chi connectivity index (χ2n) is 9.01. The van der Waals surface area contributed by atoms with E-state index in [9.17, 15) is 0 Å². The first kappa shape index (κ1) is 25.0. The van der Waals surface area contributed by atoms with Crippen molar-refractivity contribution in [2.45, 2.75) is 156 Å². The normalized spacial score (nSPS) is 12.0. The lowest BCUT2D eigenvalue weighted by Gasteiger charge is -2.30. The summed E-state index contributed by atoms with van der Waals surface area (Å²) in [5.41, 5.74) is 0.641. The van der Waals surface area contributed by atoms with Crippen LogP contribution in [0.3, 0.4) is 0 Å². The molecule has 0 radical (unpaired) electrons. The zero-order valence-corrected chi connectivity index (χ0v) is 18.6. The van der Waals surface area contributed by atoms with Crippen molar-refractivity contribution in [1.29, 1.82) is 0 Å². The number of unbranched alkanes of at least 4 members (excludes halogenated alkanes) is 14. The van der Waals surface area contributed by atoms with Crippen molar-refractivity contribution in [3.8, 4) is 0 Å². The van der Waals surface area contributed by atoms with E-state index in [0.29, 0.717) is 5.41 Å². The summed E-state index contributed by atoms with van der Waals surface area (Å²) in [7, 11) is 0. The van der Waals surface area contributed by atoms with Gasteiger partial charge in [0.2, 0.25) is 0 Å². The van der Waals surface area contributed by atoms with E-state index in [4.69, 9.17) is 0 Å². The summed E-state index contributed by atoms with van der Waals surface area (Å²) in [6.07, 6.45) is 29.0. The van der Waals surface area contributed by atoms with Gasteiger partial charge in [-0.25, -0.2) is 0 Å². The van der Waals surface area contributed by atoms with Crippen LogP contribution in [-0.2, 0) is 0 Å². The highest BCUT2D eigenvalue weighted by Crippen LogP contribution is 2.36. The van der Waals surface area contributed by atoms with Crippen molar-refractivity contribution >= 4 is 0 Å². The van der Waals surface area contributed by atoms with Crippen LogP contribution in [0.25, 0.3) is 0 Å². The Balaban J connectivity index is 4.01. The van der Waals surface area contributed by atoms with E-state index >= 15 is 0 Å². The second-order valence-corrected chi connectivity index (χ2v) is 9.01. The molecule has 0 aliphatic heterocycles.